The number of hydrogen-bond donors (Lipinski definition) is 2. The van der Waals surface area contributed by atoms with E-state index in [1.54, 1.807) is 25.7 Å². The van der Waals surface area contributed by atoms with Crippen molar-refractivity contribution in [1.82, 2.24) is 20.3 Å². The van der Waals surface area contributed by atoms with Gasteiger partial charge >= 0.3 is 0 Å². The number of aromatic nitrogens is 3. The fourth-order valence-corrected chi connectivity index (χ4v) is 2.54. The van der Waals surface area contributed by atoms with E-state index in [0.29, 0.717) is 25.3 Å². The second-order valence-corrected chi connectivity index (χ2v) is 5.82. The molecule has 0 aliphatic heterocycles. The van der Waals surface area contributed by atoms with Crippen LogP contribution in [-0.2, 0) is 13.0 Å². The van der Waals surface area contributed by atoms with E-state index in [2.05, 4.69) is 25.6 Å². The van der Waals surface area contributed by atoms with E-state index in [0.717, 1.165) is 16.9 Å². The van der Waals surface area contributed by atoms with Gasteiger partial charge in [0.2, 0.25) is 0 Å². The molecule has 2 aromatic heterocycles. The molecule has 0 atom stereocenters. The normalized spacial score (nSPS) is 10.3. The second-order valence-electron chi connectivity index (χ2n) is 5.82. The second kappa shape index (κ2) is 9.28. The molecule has 0 saturated heterocycles. The zero-order valence-corrected chi connectivity index (χ0v) is 15.1. The van der Waals surface area contributed by atoms with E-state index in [1.165, 1.54) is 6.20 Å². The molecule has 2 N–H and O–H groups in total. The predicted octanol–water partition coefficient (Wildman–Crippen LogP) is 2.46. The number of rotatable bonds is 8. The number of pyridine rings is 1. The van der Waals surface area contributed by atoms with Gasteiger partial charge in [0, 0.05) is 25.5 Å². The maximum atomic E-state index is 12.2. The molecule has 0 fully saturated rings. The molecule has 0 aliphatic rings. The summed E-state index contributed by atoms with van der Waals surface area (Å²) in [6.45, 7) is 1.08. The zero-order chi connectivity index (χ0) is 18.9. The lowest BCUT2D eigenvalue weighted by molar-refractivity contribution is 0.0948. The average Bonchev–Trinajstić information content (AvgIpc) is 2.73. The van der Waals surface area contributed by atoms with Gasteiger partial charge in [-0.25, -0.2) is 9.97 Å². The molecule has 2 heterocycles. The van der Waals surface area contributed by atoms with Crippen LogP contribution in [0.2, 0.25) is 0 Å². The van der Waals surface area contributed by atoms with Gasteiger partial charge in [-0.3, -0.25) is 9.78 Å². The number of hydrogen-bond acceptors (Lipinski definition) is 6. The molecule has 138 valence electrons. The summed E-state index contributed by atoms with van der Waals surface area (Å²) in [7, 11) is 1.64. The first kappa shape index (κ1) is 18.3. The Balaban J connectivity index is 1.48. The van der Waals surface area contributed by atoms with Crippen LogP contribution in [0.5, 0.6) is 5.75 Å². The minimum Gasteiger partial charge on any atom is -0.496 e. The lowest BCUT2D eigenvalue weighted by Crippen LogP contribution is -2.26. The van der Waals surface area contributed by atoms with Crippen LogP contribution < -0.4 is 15.4 Å². The lowest BCUT2D eigenvalue weighted by Gasteiger charge is -2.09. The van der Waals surface area contributed by atoms with Crippen molar-refractivity contribution in [3.05, 3.63) is 78.0 Å². The van der Waals surface area contributed by atoms with Crippen molar-refractivity contribution in [3.8, 4) is 5.75 Å². The standard InChI is InChI=1S/C20H21N5O2/c1-27-18-7-3-2-6-16(18)8-10-22-20(26)17-13-25-19(14-23-17)24-12-15-5-4-9-21-11-15/h2-7,9,11,13-14H,8,10,12H2,1H3,(H,22,26)(H,24,25). The fraction of sp³-hybridized carbons (Fsp3) is 0.200. The van der Waals surface area contributed by atoms with Crippen LogP contribution >= 0.6 is 0 Å². The van der Waals surface area contributed by atoms with Crippen LogP contribution in [0.4, 0.5) is 5.82 Å². The van der Waals surface area contributed by atoms with Gasteiger partial charge in [0.25, 0.3) is 5.91 Å². The Morgan fingerprint density at radius 2 is 1.96 bits per heavy atom. The van der Waals surface area contributed by atoms with Gasteiger partial charge in [-0.05, 0) is 29.7 Å². The highest BCUT2D eigenvalue weighted by atomic mass is 16.5. The number of methoxy groups -OCH3 is 1. The van der Waals surface area contributed by atoms with Gasteiger partial charge in [0.05, 0.1) is 19.5 Å². The van der Waals surface area contributed by atoms with Gasteiger partial charge in [-0.15, -0.1) is 0 Å². The van der Waals surface area contributed by atoms with E-state index < -0.39 is 0 Å². The summed E-state index contributed by atoms with van der Waals surface area (Å²) >= 11 is 0. The topological polar surface area (TPSA) is 89.0 Å². The molecular formula is C20H21N5O2. The van der Waals surface area contributed by atoms with Crippen molar-refractivity contribution >= 4 is 11.7 Å². The van der Waals surface area contributed by atoms with Crippen molar-refractivity contribution in [2.24, 2.45) is 0 Å². The van der Waals surface area contributed by atoms with Crippen LogP contribution in [0.3, 0.4) is 0 Å². The first-order chi connectivity index (χ1) is 13.3. The van der Waals surface area contributed by atoms with E-state index in [-0.39, 0.29) is 11.6 Å². The highest BCUT2D eigenvalue weighted by Crippen LogP contribution is 2.17. The Kier molecular flexibility index (Phi) is 6.30. The summed E-state index contributed by atoms with van der Waals surface area (Å²) in [6.07, 6.45) is 7.19. The Labute approximate surface area is 157 Å². The number of anilines is 1. The van der Waals surface area contributed by atoms with Gasteiger partial charge < -0.3 is 15.4 Å². The molecule has 0 saturated carbocycles. The molecule has 0 aliphatic carbocycles. The molecule has 0 unspecified atom stereocenters. The SMILES string of the molecule is COc1ccccc1CCNC(=O)c1cnc(NCc2cccnc2)cn1. The summed E-state index contributed by atoms with van der Waals surface area (Å²) in [6, 6.07) is 11.6. The quantitative estimate of drug-likeness (QED) is 0.639. The zero-order valence-electron chi connectivity index (χ0n) is 15.1. The molecule has 7 nitrogen and oxygen atoms in total. The third-order valence-corrected chi connectivity index (χ3v) is 3.95. The molecule has 0 radical (unpaired) electrons. The van der Waals surface area contributed by atoms with Crippen LogP contribution in [0, 0.1) is 0 Å². The monoisotopic (exact) mass is 363 g/mol. The van der Waals surface area contributed by atoms with Crippen molar-refractivity contribution < 1.29 is 9.53 Å². The maximum Gasteiger partial charge on any atom is 0.271 e. The largest absolute Gasteiger partial charge is 0.496 e. The third kappa shape index (κ3) is 5.24. The molecule has 1 aromatic carbocycles. The van der Waals surface area contributed by atoms with E-state index in [4.69, 9.17) is 4.74 Å². The number of nitrogens with one attached hydrogen (secondary N) is 2. The van der Waals surface area contributed by atoms with Gasteiger partial charge in [0.1, 0.15) is 17.3 Å². The van der Waals surface area contributed by atoms with Crippen molar-refractivity contribution in [2.75, 3.05) is 19.0 Å². The number of para-hydroxylation sites is 1. The molecule has 0 spiro atoms. The highest BCUT2D eigenvalue weighted by Gasteiger charge is 2.08. The Morgan fingerprint density at radius 1 is 1.07 bits per heavy atom. The average molecular weight is 363 g/mol. The van der Waals surface area contributed by atoms with E-state index in [9.17, 15) is 4.79 Å². The number of amides is 1. The van der Waals surface area contributed by atoms with E-state index in [1.807, 2.05) is 36.4 Å². The first-order valence-corrected chi connectivity index (χ1v) is 8.61. The number of carbonyl (C=O) groups excluding carboxylic acids is 1. The number of ether oxygens (including phenoxy) is 1. The number of carbonyl (C=O) groups is 1. The minimum atomic E-state index is -0.254. The Bertz CT molecular complexity index is 869. The van der Waals surface area contributed by atoms with Crippen LogP contribution in [0.15, 0.2) is 61.2 Å². The van der Waals surface area contributed by atoms with Crippen LogP contribution in [-0.4, -0.2) is 34.5 Å². The number of benzene rings is 1. The predicted molar refractivity (Wildman–Crippen MR) is 103 cm³/mol. The van der Waals surface area contributed by atoms with Crippen molar-refractivity contribution in [1.29, 1.82) is 0 Å². The molecule has 27 heavy (non-hydrogen) atoms. The first-order valence-electron chi connectivity index (χ1n) is 8.61. The smallest absolute Gasteiger partial charge is 0.271 e. The van der Waals surface area contributed by atoms with Crippen molar-refractivity contribution in [2.45, 2.75) is 13.0 Å². The molecule has 7 heteroatoms. The Hall–Kier alpha value is -3.48. The summed E-state index contributed by atoms with van der Waals surface area (Å²) in [5, 5.41) is 6.00. The molecule has 3 aromatic rings. The van der Waals surface area contributed by atoms with Gasteiger partial charge in [0.15, 0.2) is 0 Å². The van der Waals surface area contributed by atoms with Crippen LogP contribution in [0.25, 0.3) is 0 Å². The highest BCUT2D eigenvalue weighted by molar-refractivity contribution is 5.92. The summed E-state index contributed by atoms with van der Waals surface area (Å²) < 4.78 is 5.31. The maximum absolute atomic E-state index is 12.2. The summed E-state index contributed by atoms with van der Waals surface area (Å²) in [4.78, 5) is 24.7. The third-order valence-electron chi connectivity index (χ3n) is 3.95. The molecule has 0 bridgehead atoms. The molecule has 1 amide bonds. The summed E-state index contributed by atoms with van der Waals surface area (Å²) in [5.74, 6) is 1.16. The molecule has 3 rings (SSSR count). The van der Waals surface area contributed by atoms with Crippen LogP contribution in [0.1, 0.15) is 21.6 Å². The molecular weight excluding hydrogens is 342 g/mol. The Morgan fingerprint density at radius 3 is 2.70 bits per heavy atom. The minimum absolute atomic E-state index is 0.254. The van der Waals surface area contributed by atoms with Crippen molar-refractivity contribution in [3.63, 3.8) is 0 Å². The lowest BCUT2D eigenvalue weighted by atomic mass is 10.1. The van der Waals surface area contributed by atoms with Gasteiger partial charge in [-0.2, -0.15) is 0 Å². The number of nitrogens with zero attached hydrogens (tertiary/aromatic N) is 3. The fourth-order valence-electron chi connectivity index (χ4n) is 2.54. The van der Waals surface area contributed by atoms with E-state index >= 15 is 0 Å². The summed E-state index contributed by atoms with van der Waals surface area (Å²) in [5.41, 5.74) is 2.36. The van der Waals surface area contributed by atoms with Gasteiger partial charge in [-0.1, -0.05) is 24.3 Å².